The van der Waals surface area contributed by atoms with Crippen molar-refractivity contribution in [2.45, 2.75) is 33.6 Å². The van der Waals surface area contributed by atoms with Crippen molar-refractivity contribution < 1.29 is 19.4 Å². The van der Waals surface area contributed by atoms with E-state index in [1.165, 1.54) is 0 Å². The van der Waals surface area contributed by atoms with Gasteiger partial charge in [-0.15, -0.1) is 0 Å². The molecular formula is C15H21NO4. The van der Waals surface area contributed by atoms with Gasteiger partial charge in [0.05, 0.1) is 19.4 Å². The van der Waals surface area contributed by atoms with Crippen molar-refractivity contribution in [1.82, 2.24) is 5.32 Å². The fourth-order valence-corrected chi connectivity index (χ4v) is 1.80. The number of hydrogen-bond donors (Lipinski definition) is 2. The third kappa shape index (κ3) is 5.30. The van der Waals surface area contributed by atoms with Gasteiger partial charge in [0.2, 0.25) is 5.91 Å². The highest BCUT2D eigenvalue weighted by atomic mass is 16.5. The monoisotopic (exact) mass is 279 g/mol. The van der Waals surface area contributed by atoms with Gasteiger partial charge in [-0.1, -0.05) is 6.07 Å². The van der Waals surface area contributed by atoms with Crippen LogP contribution in [0.25, 0.3) is 0 Å². The van der Waals surface area contributed by atoms with E-state index in [2.05, 4.69) is 11.4 Å². The molecule has 1 rings (SSSR count). The summed E-state index contributed by atoms with van der Waals surface area (Å²) in [4.78, 5) is 21.8. The number of carbonyl (C=O) groups is 2. The molecule has 0 fully saturated rings. The molecule has 5 nitrogen and oxygen atoms in total. The summed E-state index contributed by atoms with van der Waals surface area (Å²) in [5.74, 6) is -0.332. The smallest absolute Gasteiger partial charge is 0.305 e. The molecule has 0 aromatic heterocycles. The second kappa shape index (κ2) is 7.53. The van der Waals surface area contributed by atoms with Crippen LogP contribution >= 0.6 is 0 Å². The predicted molar refractivity (Wildman–Crippen MR) is 76.0 cm³/mol. The van der Waals surface area contributed by atoms with Crippen LogP contribution < -0.4 is 10.1 Å². The SMILES string of the molecule is Cc1cc(C)c(C)c(OCCC(=O)NCCC(=O)O)c1. The van der Waals surface area contributed by atoms with Gasteiger partial charge in [0.25, 0.3) is 0 Å². The number of hydrogen-bond acceptors (Lipinski definition) is 3. The Hall–Kier alpha value is -2.04. The van der Waals surface area contributed by atoms with E-state index >= 15 is 0 Å². The Bertz CT molecular complexity index is 497. The van der Waals surface area contributed by atoms with Gasteiger partial charge >= 0.3 is 5.97 Å². The first kappa shape index (κ1) is 16.0. The van der Waals surface area contributed by atoms with Gasteiger partial charge in [0.15, 0.2) is 0 Å². The maximum absolute atomic E-state index is 11.4. The normalized spacial score (nSPS) is 10.2. The molecule has 0 aliphatic rings. The zero-order valence-electron chi connectivity index (χ0n) is 12.2. The lowest BCUT2D eigenvalue weighted by atomic mass is 10.1. The Labute approximate surface area is 118 Å². The molecule has 0 heterocycles. The van der Waals surface area contributed by atoms with Gasteiger partial charge in [-0.25, -0.2) is 0 Å². The molecule has 0 bridgehead atoms. The highest BCUT2D eigenvalue weighted by molar-refractivity contribution is 5.76. The molecule has 0 spiro atoms. The summed E-state index contributed by atoms with van der Waals surface area (Å²) in [6, 6.07) is 4.03. The van der Waals surface area contributed by atoms with Crippen LogP contribution in [0.2, 0.25) is 0 Å². The third-order valence-corrected chi connectivity index (χ3v) is 3.01. The summed E-state index contributed by atoms with van der Waals surface area (Å²) >= 11 is 0. The van der Waals surface area contributed by atoms with E-state index in [-0.39, 0.29) is 31.9 Å². The van der Waals surface area contributed by atoms with Gasteiger partial charge in [-0.3, -0.25) is 9.59 Å². The molecule has 0 atom stereocenters. The molecule has 1 aromatic rings. The minimum absolute atomic E-state index is 0.0667. The van der Waals surface area contributed by atoms with E-state index in [1.807, 2.05) is 26.8 Å². The fourth-order valence-electron chi connectivity index (χ4n) is 1.80. The topological polar surface area (TPSA) is 75.6 Å². The number of ether oxygens (including phenoxy) is 1. The molecule has 0 radical (unpaired) electrons. The van der Waals surface area contributed by atoms with Crippen LogP contribution in [0.1, 0.15) is 29.5 Å². The Morgan fingerprint density at radius 1 is 1.20 bits per heavy atom. The summed E-state index contributed by atoms with van der Waals surface area (Å²) in [7, 11) is 0. The molecule has 1 aromatic carbocycles. The number of aryl methyl sites for hydroxylation is 2. The minimum Gasteiger partial charge on any atom is -0.493 e. The number of rotatable bonds is 7. The number of carboxylic acid groups (broad SMARTS) is 1. The molecule has 0 aliphatic carbocycles. The highest BCUT2D eigenvalue weighted by Gasteiger charge is 2.06. The average molecular weight is 279 g/mol. The van der Waals surface area contributed by atoms with Gasteiger partial charge < -0.3 is 15.2 Å². The van der Waals surface area contributed by atoms with Crippen LogP contribution in [0.15, 0.2) is 12.1 Å². The first-order valence-corrected chi connectivity index (χ1v) is 6.59. The van der Waals surface area contributed by atoms with Crippen molar-refractivity contribution >= 4 is 11.9 Å². The number of amides is 1. The van der Waals surface area contributed by atoms with Crippen LogP contribution in [0.4, 0.5) is 0 Å². The van der Waals surface area contributed by atoms with Crippen molar-refractivity contribution in [1.29, 1.82) is 0 Å². The average Bonchev–Trinajstić information content (AvgIpc) is 2.34. The first-order chi connectivity index (χ1) is 9.40. The van der Waals surface area contributed by atoms with Crippen LogP contribution in [0.5, 0.6) is 5.75 Å². The predicted octanol–water partition coefficient (Wildman–Crippen LogP) is 1.97. The summed E-state index contributed by atoms with van der Waals surface area (Å²) in [6.07, 6.45) is 0.148. The van der Waals surface area contributed by atoms with Crippen LogP contribution in [0, 0.1) is 20.8 Å². The van der Waals surface area contributed by atoms with E-state index in [4.69, 9.17) is 9.84 Å². The zero-order valence-corrected chi connectivity index (χ0v) is 12.2. The van der Waals surface area contributed by atoms with Crippen molar-refractivity contribution in [2.75, 3.05) is 13.2 Å². The Morgan fingerprint density at radius 3 is 2.55 bits per heavy atom. The van der Waals surface area contributed by atoms with Gasteiger partial charge in [-0.05, 0) is 43.5 Å². The third-order valence-electron chi connectivity index (χ3n) is 3.01. The van der Waals surface area contributed by atoms with E-state index in [0.717, 1.165) is 22.4 Å². The summed E-state index contributed by atoms with van der Waals surface area (Å²) in [5.41, 5.74) is 3.35. The molecule has 110 valence electrons. The number of carboxylic acids is 1. The quantitative estimate of drug-likeness (QED) is 0.800. The van der Waals surface area contributed by atoms with Crippen molar-refractivity contribution in [3.63, 3.8) is 0 Å². The number of benzene rings is 1. The van der Waals surface area contributed by atoms with E-state index in [1.54, 1.807) is 0 Å². The largest absolute Gasteiger partial charge is 0.493 e. The van der Waals surface area contributed by atoms with E-state index in [0.29, 0.717) is 0 Å². The lowest BCUT2D eigenvalue weighted by Gasteiger charge is -2.12. The lowest BCUT2D eigenvalue weighted by molar-refractivity contribution is -0.136. The van der Waals surface area contributed by atoms with Crippen LogP contribution in [-0.4, -0.2) is 30.1 Å². The molecule has 20 heavy (non-hydrogen) atoms. The summed E-state index contributed by atoms with van der Waals surface area (Å²) in [5, 5.41) is 11.0. The number of carbonyl (C=O) groups excluding carboxylic acids is 1. The Morgan fingerprint density at radius 2 is 1.90 bits per heavy atom. The Kier molecular flexibility index (Phi) is 6.03. The first-order valence-electron chi connectivity index (χ1n) is 6.59. The van der Waals surface area contributed by atoms with Crippen LogP contribution in [0.3, 0.4) is 0 Å². The number of nitrogens with one attached hydrogen (secondary N) is 1. The minimum atomic E-state index is -0.924. The molecule has 0 aliphatic heterocycles. The maximum Gasteiger partial charge on any atom is 0.305 e. The molecule has 1 amide bonds. The molecule has 0 saturated heterocycles. The fraction of sp³-hybridized carbons (Fsp3) is 0.467. The van der Waals surface area contributed by atoms with Crippen molar-refractivity contribution in [2.24, 2.45) is 0 Å². The molecule has 5 heteroatoms. The standard InChI is InChI=1S/C15H21NO4/c1-10-8-11(2)12(3)13(9-10)20-7-5-14(17)16-6-4-15(18)19/h8-9H,4-7H2,1-3H3,(H,16,17)(H,18,19). The molecule has 0 saturated carbocycles. The molecular weight excluding hydrogens is 258 g/mol. The zero-order chi connectivity index (χ0) is 15.1. The molecule has 2 N–H and O–H groups in total. The van der Waals surface area contributed by atoms with E-state index < -0.39 is 5.97 Å². The van der Waals surface area contributed by atoms with Crippen molar-refractivity contribution in [3.8, 4) is 5.75 Å². The van der Waals surface area contributed by atoms with Gasteiger partial charge in [0.1, 0.15) is 5.75 Å². The number of aliphatic carboxylic acids is 1. The maximum atomic E-state index is 11.4. The summed E-state index contributed by atoms with van der Waals surface area (Å²) < 4.78 is 5.62. The van der Waals surface area contributed by atoms with Crippen molar-refractivity contribution in [3.05, 3.63) is 28.8 Å². The van der Waals surface area contributed by atoms with Gasteiger partial charge in [0, 0.05) is 6.54 Å². The van der Waals surface area contributed by atoms with Crippen LogP contribution in [-0.2, 0) is 9.59 Å². The highest BCUT2D eigenvalue weighted by Crippen LogP contribution is 2.23. The van der Waals surface area contributed by atoms with Gasteiger partial charge in [-0.2, -0.15) is 0 Å². The van der Waals surface area contributed by atoms with E-state index in [9.17, 15) is 9.59 Å². The lowest BCUT2D eigenvalue weighted by Crippen LogP contribution is -2.27. The second-order valence-corrected chi connectivity index (χ2v) is 4.80. The molecule has 0 unspecified atom stereocenters. The summed E-state index contributed by atoms with van der Waals surface area (Å²) in [6.45, 7) is 6.43. The second-order valence-electron chi connectivity index (χ2n) is 4.80. The Balaban J connectivity index is 2.37.